The average molecular weight is 709 g/mol. The molecule has 0 spiro atoms. The summed E-state index contributed by atoms with van der Waals surface area (Å²) in [5.74, 6) is 0.769. The number of nitrogens with one attached hydrogen (secondary N) is 2. The van der Waals surface area contributed by atoms with Gasteiger partial charge in [0.2, 0.25) is 11.8 Å². The number of likely N-dealkylation sites (tertiary alicyclic amines) is 2. The van der Waals surface area contributed by atoms with E-state index in [0.717, 1.165) is 24.2 Å². The van der Waals surface area contributed by atoms with Gasteiger partial charge in [-0.3, -0.25) is 24.4 Å². The number of pyridine rings is 1. The molecule has 0 radical (unpaired) electrons. The van der Waals surface area contributed by atoms with Crippen LogP contribution in [0.25, 0.3) is 5.57 Å². The summed E-state index contributed by atoms with van der Waals surface area (Å²) in [6.07, 6.45) is 8.74. The number of methoxy groups -OCH3 is 2. The van der Waals surface area contributed by atoms with Gasteiger partial charge in [-0.15, -0.1) is 11.6 Å². The topological polar surface area (TPSA) is 142 Å². The Hall–Kier alpha value is -4.07. The number of carbonyl (C=O) groups excluding carboxylic acids is 2. The molecule has 14 heteroatoms. The van der Waals surface area contributed by atoms with Gasteiger partial charge in [0.1, 0.15) is 17.0 Å². The van der Waals surface area contributed by atoms with Gasteiger partial charge in [0, 0.05) is 93.3 Å². The monoisotopic (exact) mass is 707 g/mol. The van der Waals surface area contributed by atoms with Gasteiger partial charge in [0.05, 0.1) is 25.6 Å². The van der Waals surface area contributed by atoms with Crippen LogP contribution in [0.5, 0.6) is 11.6 Å². The smallest absolute Gasteiger partial charge is 0.271 e. The quantitative estimate of drug-likeness (QED) is 0.240. The van der Waals surface area contributed by atoms with E-state index in [4.69, 9.17) is 42.6 Å². The minimum Gasteiger partial charge on any atom is -0.496 e. The summed E-state index contributed by atoms with van der Waals surface area (Å²) in [5, 5.41) is 15.1. The van der Waals surface area contributed by atoms with Crippen LogP contribution in [0.2, 0.25) is 5.02 Å². The molecule has 2 saturated heterocycles. The number of nitrogens with zero attached hydrogens (tertiary/aromatic N) is 5. The van der Waals surface area contributed by atoms with Crippen molar-refractivity contribution < 1.29 is 24.2 Å². The molecule has 0 saturated carbocycles. The van der Waals surface area contributed by atoms with Gasteiger partial charge in [-0.05, 0) is 23.3 Å². The van der Waals surface area contributed by atoms with Gasteiger partial charge in [-0.25, -0.2) is 4.98 Å². The van der Waals surface area contributed by atoms with Crippen LogP contribution in [0.4, 0.5) is 0 Å². The zero-order valence-electron chi connectivity index (χ0n) is 27.5. The maximum atomic E-state index is 14.1. The van der Waals surface area contributed by atoms with Gasteiger partial charge in [0.25, 0.3) is 5.91 Å². The second-order valence-corrected chi connectivity index (χ2v) is 13.4. The molecule has 6 rings (SSSR count). The van der Waals surface area contributed by atoms with Crippen molar-refractivity contribution in [1.82, 2.24) is 35.4 Å². The van der Waals surface area contributed by atoms with Crippen molar-refractivity contribution in [2.75, 3.05) is 47.0 Å². The number of amides is 2. The Morgan fingerprint density at radius 2 is 1.76 bits per heavy atom. The molecule has 3 aliphatic rings. The highest BCUT2D eigenvalue weighted by Crippen LogP contribution is 2.42. The normalized spacial score (nSPS) is 21.3. The van der Waals surface area contributed by atoms with E-state index in [9.17, 15) is 14.7 Å². The second-order valence-electron chi connectivity index (χ2n) is 12.6. The van der Waals surface area contributed by atoms with Crippen LogP contribution in [0.3, 0.4) is 0 Å². The molecule has 2 unspecified atom stereocenters. The molecule has 2 aliphatic heterocycles. The van der Waals surface area contributed by atoms with Crippen molar-refractivity contribution >= 4 is 40.6 Å². The highest BCUT2D eigenvalue weighted by molar-refractivity contribution is 6.34. The number of ether oxygens (including phenoxy) is 2. The third-order valence-electron chi connectivity index (χ3n) is 9.04. The number of aliphatic hydroxyl groups is 1. The maximum Gasteiger partial charge on any atom is 0.271 e. The summed E-state index contributed by atoms with van der Waals surface area (Å²) in [4.78, 5) is 43.9. The van der Waals surface area contributed by atoms with E-state index in [1.807, 2.05) is 24.3 Å². The fourth-order valence-electron chi connectivity index (χ4n) is 6.49. The number of rotatable bonds is 12. The molecular formula is C35H39Cl2N7O5. The summed E-state index contributed by atoms with van der Waals surface area (Å²) < 4.78 is 11.4. The van der Waals surface area contributed by atoms with Crippen LogP contribution in [0.15, 0.2) is 61.0 Å². The predicted molar refractivity (Wildman–Crippen MR) is 185 cm³/mol. The van der Waals surface area contributed by atoms with Crippen molar-refractivity contribution in [2.24, 2.45) is 5.92 Å². The molecule has 49 heavy (non-hydrogen) atoms. The van der Waals surface area contributed by atoms with E-state index in [1.54, 1.807) is 43.8 Å². The van der Waals surface area contributed by atoms with Crippen molar-refractivity contribution in [3.63, 3.8) is 0 Å². The standard InChI is InChI=1S/C35H39Cl2N7O5/c1-21(46)40-25-18-44(19-25)16-23-12-38-29(11-30(23)48-2)32(47)42-35(10-6-8-27(31(35)37)26-7-4-5-9-28(26)36)34-39-13-24(33(41-34)49-3)17-43-14-22(15-43)20-45/h4-13,22,25,31,45H,14-20H2,1-3H3,(H,40,46)(H,42,47). The third kappa shape index (κ3) is 7.29. The Balaban J connectivity index is 1.30. The predicted octanol–water partition coefficient (Wildman–Crippen LogP) is 3.17. The highest BCUT2D eigenvalue weighted by Gasteiger charge is 2.46. The number of aromatic nitrogens is 3. The molecule has 0 bridgehead atoms. The molecule has 3 aromatic rings. The Morgan fingerprint density at radius 1 is 1.04 bits per heavy atom. The van der Waals surface area contributed by atoms with E-state index in [2.05, 4.69) is 25.4 Å². The highest BCUT2D eigenvalue weighted by atomic mass is 35.5. The molecule has 1 aliphatic carbocycles. The lowest BCUT2D eigenvalue weighted by Crippen LogP contribution is -2.58. The summed E-state index contributed by atoms with van der Waals surface area (Å²) in [5.41, 5.74) is 1.64. The van der Waals surface area contributed by atoms with Crippen LogP contribution in [0.1, 0.15) is 39.9 Å². The Kier molecular flexibility index (Phi) is 10.5. The lowest BCUT2D eigenvalue weighted by Gasteiger charge is -2.39. The molecular weight excluding hydrogens is 669 g/mol. The lowest BCUT2D eigenvalue weighted by atomic mass is 9.82. The first kappa shape index (κ1) is 34.8. The van der Waals surface area contributed by atoms with Crippen molar-refractivity contribution in [1.29, 1.82) is 0 Å². The Labute approximate surface area is 295 Å². The second kappa shape index (κ2) is 14.8. The van der Waals surface area contributed by atoms with Gasteiger partial charge >= 0.3 is 0 Å². The number of hydrogen-bond donors (Lipinski definition) is 3. The van der Waals surface area contributed by atoms with Gasteiger partial charge in [-0.2, -0.15) is 4.98 Å². The van der Waals surface area contributed by atoms with Crippen LogP contribution >= 0.6 is 23.2 Å². The molecule has 4 heterocycles. The van der Waals surface area contributed by atoms with Crippen LogP contribution < -0.4 is 20.1 Å². The fourth-order valence-corrected chi connectivity index (χ4v) is 7.15. The number of allylic oxidation sites excluding steroid dienone is 2. The number of carbonyl (C=O) groups is 2. The van der Waals surface area contributed by atoms with Crippen molar-refractivity contribution in [2.45, 2.75) is 37.0 Å². The molecule has 2 amide bonds. The Bertz CT molecular complexity index is 1780. The van der Waals surface area contributed by atoms with Crippen molar-refractivity contribution in [3.8, 4) is 11.6 Å². The number of aliphatic hydroxyl groups excluding tert-OH is 1. The van der Waals surface area contributed by atoms with Gasteiger partial charge < -0.3 is 25.2 Å². The van der Waals surface area contributed by atoms with Crippen LogP contribution in [-0.2, 0) is 23.4 Å². The first-order valence-electron chi connectivity index (χ1n) is 16.0. The zero-order chi connectivity index (χ0) is 34.7. The van der Waals surface area contributed by atoms with E-state index < -0.39 is 16.8 Å². The number of benzene rings is 1. The number of hydrogen-bond acceptors (Lipinski definition) is 10. The maximum absolute atomic E-state index is 14.1. The third-order valence-corrected chi connectivity index (χ3v) is 9.95. The molecule has 258 valence electrons. The first-order chi connectivity index (χ1) is 23.6. The average Bonchev–Trinajstić information content (AvgIpc) is 3.06. The number of alkyl halides is 1. The molecule has 2 fully saturated rings. The minimum absolute atomic E-state index is 0.0538. The molecule has 2 aromatic heterocycles. The summed E-state index contributed by atoms with van der Waals surface area (Å²) >= 11 is 14.0. The molecule has 2 atom stereocenters. The molecule has 1 aromatic carbocycles. The summed E-state index contributed by atoms with van der Waals surface area (Å²) in [6.45, 7) is 5.71. The minimum atomic E-state index is -1.43. The van der Waals surface area contributed by atoms with E-state index in [1.165, 1.54) is 14.0 Å². The molecule has 3 N–H and O–H groups in total. The zero-order valence-corrected chi connectivity index (χ0v) is 29.0. The number of halogens is 2. The van der Waals surface area contributed by atoms with E-state index >= 15 is 0 Å². The summed E-state index contributed by atoms with van der Waals surface area (Å²) in [6, 6.07) is 9.06. The van der Waals surface area contributed by atoms with Crippen LogP contribution in [-0.4, -0.2) is 100 Å². The van der Waals surface area contributed by atoms with Crippen LogP contribution in [0, 0.1) is 5.92 Å². The molecule has 12 nitrogen and oxygen atoms in total. The summed E-state index contributed by atoms with van der Waals surface area (Å²) in [7, 11) is 3.08. The van der Waals surface area contributed by atoms with E-state index in [-0.39, 0.29) is 36.0 Å². The van der Waals surface area contributed by atoms with Gasteiger partial charge in [0.15, 0.2) is 5.82 Å². The first-order valence-corrected chi connectivity index (χ1v) is 16.8. The van der Waals surface area contributed by atoms with E-state index in [0.29, 0.717) is 54.0 Å². The lowest BCUT2D eigenvalue weighted by molar-refractivity contribution is -0.120. The SMILES string of the molecule is COc1cc(C(=O)NC2(c3ncc(CN4CC(CO)C4)c(OC)n3)C=CC=C(c3ccccc3Cl)C2Cl)ncc1CN1CC(NC(C)=O)C1. The van der Waals surface area contributed by atoms with Crippen molar-refractivity contribution in [3.05, 3.63) is 94.2 Å². The Morgan fingerprint density at radius 3 is 2.45 bits per heavy atom. The van der Waals surface area contributed by atoms with Gasteiger partial charge in [-0.1, -0.05) is 42.0 Å². The largest absolute Gasteiger partial charge is 0.496 e. The fraction of sp³-hybridized carbons (Fsp3) is 0.400.